The molecule has 1 saturated carbocycles. The summed E-state index contributed by atoms with van der Waals surface area (Å²) in [5, 5.41) is 21.0. The molecule has 0 heterocycles. The first-order valence-corrected chi connectivity index (χ1v) is 16.5. The van der Waals surface area contributed by atoms with Crippen molar-refractivity contribution in [1.82, 2.24) is 0 Å². The molecule has 1 fully saturated rings. The second kappa shape index (κ2) is 17.4. The van der Waals surface area contributed by atoms with Crippen LogP contribution in [0.25, 0.3) is 12.2 Å². The molecule has 2 aromatic carbocycles. The van der Waals surface area contributed by atoms with Crippen molar-refractivity contribution in [1.29, 1.82) is 0 Å². The Morgan fingerprint density at radius 1 is 0.837 bits per heavy atom. The Morgan fingerprint density at radius 2 is 1.49 bits per heavy atom. The summed E-state index contributed by atoms with van der Waals surface area (Å²) in [4.78, 5) is -0.0632. The molecule has 1 aliphatic rings. The highest BCUT2D eigenvalue weighted by Gasteiger charge is 2.33. The second-order valence-corrected chi connectivity index (χ2v) is 13.5. The fourth-order valence-electron chi connectivity index (χ4n) is 5.75. The number of alkyl halides is 1. The zero-order valence-corrected chi connectivity index (χ0v) is 28.4. The molecule has 3 rings (SSSR count). The first-order chi connectivity index (χ1) is 20.6. The van der Waals surface area contributed by atoms with E-state index in [1.54, 1.807) is 27.4 Å². The summed E-state index contributed by atoms with van der Waals surface area (Å²) >= 11 is 3.49. The van der Waals surface area contributed by atoms with Gasteiger partial charge < -0.3 is 29.2 Å². The van der Waals surface area contributed by atoms with Gasteiger partial charge in [-0.05, 0) is 79.7 Å². The molecule has 2 aromatic rings. The maximum Gasteiger partial charge on any atom is 0.127 e. The first-order valence-electron chi connectivity index (χ1n) is 15.6. The molecule has 43 heavy (non-hydrogen) atoms. The van der Waals surface area contributed by atoms with Crippen molar-refractivity contribution in [2.45, 2.75) is 89.2 Å². The van der Waals surface area contributed by atoms with Crippen LogP contribution >= 0.6 is 15.9 Å². The smallest absolute Gasteiger partial charge is 0.127 e. The third-order valence-electron chi connectivity index (χ3n) is 8.54. The molecule has 6 nitrogen and oxygen atoms in total. The highest BCUT2D eigenvalue weighted by atomic mass is 79.9. The summed E-state index contributed by atoms with van der Waals surface area (Å²) in [7, 11) is 11.0. The molecule has 5 atom stereocenters. The lowest BCUT2D eigenvalue weighted by molar-refractivity contribution is 0.00992. The molecule has 8 heteroatoms. The Labute approximate surface area is 268 Å². The normalized spacial score (nSPS) is 21.3. The SMILES string of the molecule is [B]c1cc(OC)c(/C=C/c2cc(OC)c(CCC3C[C@@H](O)[C@@H](Br)C[C@H]3O)cc2OCCC(C)CCCC(C)C)cc1OC. The minimum Gasteiger partial charge on any atom is -0.497 e. The zero-order valence-electron chi connectivity index (χ0n) is 26.8. The number of aliphatic hydroxyl groups is 2. The largest absolute Gasteiger partial charge is 0.497 e. The van der Waals surface area contributed by atoms with Gasteiger partial charge >= 0.3 is 0 Å². The molecule has 0 saturated heterocycles. The monoisotopic (exact) mass is 656 g/mol. The zero-order chi connectivity index (χ0) is 31.5. The quantitative estimate of drug-likeness (QED) is 0.118. The fourth-order valence-corrected chi connectivity index (χ4v) is 6.35. The number of halogens is 1. The maximum absolute atomic E-state index is 10.7. The van der Waals surface area contributed by atoms with Gasteiger partial charge in [0.1, 0.15) is 30.8 Å². The minimum atomic E-state index is -0.451. The van der Waals surface area contributed by atoms with Crippen molar-refractivity contribution >= 4 is 41.4 Å². The molecule has 2 unspecified atom stereocenters. The second-order valence-electron chi connectivity index (χ2n) is 12.4. The van der Waals surface area contributed by atoms with Crippen LogP contribution in [0.4, 0.5) is 0 Å². The van der Waals surface area contributed by atoms with Gasteiger partial charge in [-0.1, -0.05) is 73.6 Å². The molecule has 236 valence electrons. The van der Waals surface area contributed by atoms with E-state index in [1.807, 2.05) is 24.3 Å². The summed E-state index contributed by atoms with van der Waals surface area (Å²) in [5.74, 6) is 4.12. The Balaban J connectivity index is 1.86. The summed E-state index contributed by atoms with van der Waals surface area (Å²) in [6.07, 6.45) is 10.3. The van der Waals surface area contributed by atoms with E-state index in [2.05, 4.69) is 42.8 Å². The lowest BCUT2D eigenvalue weighted by Gasteiger charge is -2.34. The van der Waals surface area contributed by atoms with Gasteiger partial charge in [0.25, 0.3) is 0 Å². The van der Waals surface area contributed by atoms with E-state index in [0.29, 0.717) is 48.7 Å². The topological polar surface area (TPSA) is 77.4 Å². The molecule has 2 N–H and O–H groups in total. The van der Waals surface area contributed by atoms with Crippen LogP contribution in [-0.2, 0) is 6.42 Å². The van der Waals surface area contributed by atoms with E-state index in [-0.39, 0.29) is 10.7 Å². The Hall–Kier alpha value is -2.16. The highest BCUT2D eigenvalue weighted by Crippen LogP contribution is 2.36. The number of benzene rings is 2. The van der Waals surface area contributed by atoms with Crippen LogP contribution in [0.5, 0.6) is 23.0 Å². The van der Waals surface area contributed by atoms with Crippen LogP contribution in [0.2, 0.25) is 0 Å². The number of hydrogen-bond donors (Lipinski definition) is 2. The van der Waals surface area contributed by atoms with E-state index in [4.69, 9.17) is 26.8 Å². The molecule has 0 aliphatic heterocycles. The van der Waals surface area contributed by atoms with Gasteiger partial charge in [0.2, 0.25) is 0 Å². The van der Waals surface area contributed by atoms with Crippen molar-refractivity contribution < 1.29 is 29.2 Å². The van der Waals surface area contributed by atoms with Crippen molar-refractivity contribution in [3.63, 3.8) is 0 Å². The van der Waals surface area contributed by atoms with Gasteiger partial charge in [-0.15, -0.1) is 0 Å². The van der Waals surface area contributed by atoms with Crippen LogP contribution in [0, 0.1) is 17.8 Å². The van der Waals surface area contributed by atoms with E-state index < -0.39 is 12.2 Å². The van der Waals surface area contributed by atoms with Crippen molar-refractivity contribution in [2.24, 2.45) is 17.8 Å². The number of aryl methyl sites for hydroxylation is 1. The van der Waals surface area contributed by atoms with E-state index in [0.717, 1.165) is 46.9 Å². The molecular weight excluding hydrogens is 607 g/mol. The number of aliphatic hydroxyl groups excluding tert-OH is 2. The molecule has 0 spiro atoms. The maximum atomic E-state index is 10.7. The first kappa shape index (κ1) is 35.3. The van der Waals surface area contributed by atoms with Gasteiger partial charge in [-0.3, -0.25) is 0 Å². The number of rotatable bonds is 16. The third-order valence-corrected chi connectivity index (χ3v) is 9.53. The predicted octanol–water partition coefficient (Wildman–Crippen LogP) is 6.74. The van der Waals surface area contributed by atoms with Gasteiger partial charge in [0, 0.05) is 16.0 Å². The summed E-state index contributed by atoms with van der Waals surface area (Å²) in [6.45, 7) is 7.46. The number of hydrogen-bond acceptors (Lipinski definition) is 6. The predicted molar refractivity (Wildman–Crippen MR) is 181 cm³/mol. The highest BCUT2D eigenvalue weighted by molar-refractivity contribution is 9.09. The van der Waals surface area contributed by atoms with Crippen molar-refractivity contribution in [2.75, 3.05) is 27.9 Å². The molecule has 0 bridgehead atoms. The molecule has 0 amide bonds. The Morgan fingerprint density at radius 3 is 2.14 bits per heavy atom. The summed E-state index contributed by atoms with van der Waals surface area (Å²) in [5.41, 5.74) is 3.25. The molecule has 0 aromatic heterocycles. The van der Waals surface area contributed by atoms with E-state index >= 15 is 0 Å². The van der Waals surface area contributed by atoms with Gasteiger partial charge in [0.15, 0.2) is 0 Å². The van der Waals surface area contributed by atoms with Crippen molar-refractivity contribution in [3.05, 3.63) is 41.0 Å². The molecule has 2 radical (unpaired) electrons. The van der Waals surface area contributed by atoms with E-state index in [1.165, 1.54) is 19.3 Å². The Kier molecular flexibility index (Phi) is 14.3. The van der Waals surface area contributed by atoms with Crippen LogP contribution < -0.4 is 24.4 Å². The summed E-state index contributed by atoms with van der Waals surface area (Å²) < 4.78 is 23.3. The minimum absolute atomic E-state index is 0.0251. The lowest BCUT2D eigenvalue weighted by Crippen LogP contribution is -2.39. The fraction of sp³-hybridized carbons (Fsp3) is 0.600. The van der Waals surface area contributed by atoms with Crippen LogP contribution in [0.3, 0.4) is 0 Å². The average molecular weight is 657 g/mol. The standard InChI is InChI=1S/C35H50BBrO6/c1-22(2)8-7-9-23(3)14-15-43-34-18-25(11-10-24-16-31(39)29(37)21-30(24)38)32(40-4)17-27(34)13-12-26-19-35(42-6)28(36)20-33(26)41-5/h12-13,17-20,22-24,29-31,38-39H,7-11,14-16,21H2,1-6H3/b13-12+/t23?,24?,29-,30+,31+/m0/s1. The lowest BCUT2D eigenvalue weighted by atomic mass is 9.81. The van der Waals surface area contributed by atoms with Crippen LogP contribution in [0.15, 0.2) is 24.3 Å². The number of ether oxygens (including phenoxy) is 4. The van der Waals surface area contributed by atoms with Gasteiger partial charge in [-0.2, -0.15) is 0 Å². The van der Waals surface area contributed by atoms with Crippen LogP contribution in [0.1, 0.15) is 82.4 Å². The van der Waals surface area contributed by atoms with Gasteiger partial charge in [0.05, 0.1) is 40.1 Å². The molecule has 1 aliphatic carbocycles. The summed E-state index contributed by atoms with van der Waals surface area (Å²) in [6, 6.07) is 7.70. The van der Waals surface area contributed by atoms with E-state index in [9.17, 15) is 10.2 Å². The number of methoxy groups -OCH3 is 3. The van der Waals surface area contributed by atoms with Crippen LogP contribution in [-0.4, -0.2) is 63.0 Å². The van der Waals surface area contributed by atoms with Crippen molar-refractivity contribution in [3.8, 4) is 23.0 Å². The Bertz CT molecular complexity index is 1190. The van der Waals surface area contributed by atoms with Gasteiger partial charge in [-0.25, -0.2) is 0 Å². The third kappa shape index (κ3) is 10.5. The molecular formula is C35H50BBrO6. The average Bonchev–Trinajstić information content (AvgIpc) is 2.97.